The van der Waals surface area contributed by atoms with E-state index in [1.54, 1.807) is 11.3 Å². The predicted octanol–water partition coefficient (Wildman–Crippen LogP) is 3.92. The smallest absolute Gasteiger partial charge is 0.183 e. The van der Waals surface area contributed by atoms with Crippen LogP contribution in [-0.4, -0.2) is 30.3 Å². The molecule has 0 aliphatic rings. The maximum Gasteiger partial charge on any atom is 0.183 e. The Balaban J connectivity index is 2.08. The van der Waals surface area contributed by atoms with Crippen molar-refractivity contribution in [2.24, 2.45) is 0 Å². The molecule has 1 N–H and O–H groups in total. The highest BCUT2D eigenvalue weighted by molar-refractivity contribution is 7.22. The number of nitrogens with one attached hydrogen (secondary N) is 1. The molecule has 0 amide bonds. The Bertz CT molecular complexity index is 566. The fraction of sp³-hybridized carbons (Fsp3) is 0.533. The third kappa shape index (κ3) is 3.84. The first kappa shape index (κ1) is 15.1. The molecule has 0 spiro atoms. The molecule has 1 heterocycles. The summed E-state index contributed by atoms with van der Waals surface area (Å²) in [6.07, 6.45) is 0. The van der Waals surface area contributed by atoms with Crippen molar-refractivity contribution in [3.05, 3.63) is 18.2 Å². The number of hydrogen-bond donors (Lipinski definition) is 1. The van der Waals surface area contributed by atoms with E-state index in [1.807, 2.05) is 32.0 Å². The summed E-state index contributed by atoms with van der Waals surface area (Å²) in [5, 5.41) is 4.27. The van der Waals surface area contributed by atoms with E-state index in [4.69, 9.17) is 9.47 Å². The van der Waals surface area contributed by atoms with Gasteiger partial charge in [-0.25, -0.2) is 4.98 Å². The number of hydrogen-bond acceptors (Lipinski definition) is 5. The van der Waals surface area contributed by atoms with Crippen LogP contribution in [0.5, 0.6) is 5.75 Å². The topological polar surface area (TPSA) is 43.4 Å². The Labute approximate surface area is 124 Å². The highest BCUT2D eigenvalue weighted by Gasteiger charge is 2.18. The molecule has 0 saturated heterocycles. The molecule has 0 saturated carbocycles. The van der Waals surface area contributed by atoms with Crippen LogP contribution in [0.25, 0.3) is 10.2 Å². The summed E-state index contributed by atoms with van der Waals surface area (Å²) in [7, 11) is 0. The van der Waals surface area contributed by atoms with Gasteiger partial charge in [0.25, 0.3) is 0 Å². The van der Waals surface area contributed by atoms with E-state index < -0.39 is 0 Å². The number of benzene rings is 1. The summed E-state index contributed by atoms with van der Waals surface area (Å²) in [6.45, 7) is 10.3. The number of anilines is 1. The number of ether oxygens (including phenoxy) is 2. The van der Waals surface area contributed by atoms with Crippen molar-refractivity contribution in [2.45, 2.75) is 33.3 Å². The normalized spacial score (nSPS) is 11.8. The molecular formula is C15H22N2O2S. The number of fused-ring (bicyclic) bond motifs is 1. The molecule has 0 atom stereocenters. The first-order chi connectivity index (χ1) is 9.54. The second-order valence-electron chi connectivity index (χ2n) is 5.13. The standard InChI is InChI=1S/C15H22N2O2S/c1-5-18-11-7-8-12-13(9-11)20-14(17-12)16-10-15(3,4)19-6-2/h7-9H,5-6,10H2,1-4H3,(H,16,17). The number of nitrogens with zero attached hydrogens (tertiary/aromatic N) is 1. The van der Waals surface area contributed by atoms with E-state index in [1.165, 1.54) is 0 Å². The van der Waals surface area contributed by atoms with Crippen molar-refractivity contribution < 1.29 is 9.47 Å². The molecule has 2 rings (SSSR count). The first-order valence-electron chi connectivity index (χ1n) is 6.95. The van der Waals surface area contributed by atoms with Crippen LogP contribution < -0.4 is 10.1 Å². The zero-order valence-electron chi connectivity index (χ0n) is 12.5. The van der Waals surface area contributed by atoms with Gasteiger partial charge >= 0.3 is 0 Å². The molecular weight excluding hydrogens is 272 g/mol. The lowest BCUT2D eigenvalue weighted by molar-refractivity contribution is 0.000697. The van der Waals surface area contributed by atoms with Gasteiger partial charge < -0.3 is 14.8 Å². The SMILES string of the molecule is CCOc1ccc2nc(NCC(C)(C)OCC)sc2c1. The van der Waals surface area contributed by atoms with Gasteiger partial charge in [0.1, 0.15) is 5.75 Å². The molecule has 20 heavy (non-hydrogen) atoms. The minimum atomic E-state index is -0.191. The lowest BCUT2D eigenvalue weighted by atomic mass is 10.1. The summed E-state index contributed by atoms with van der Waals surface area (Å²) in [5.41, 5.74) is 0.804. The number of thiazole rings is 1. The molecule has 1 aromatic carbocycles. The number of aromatic nitrogens is 1. The fourth-order valence-electron chi connectivity index (χ4n) is 1.97. The van der Waals surface area contributed by atoms with Crippen molar-refractivity contribution in [1.82, 2.24) is 4.98 Å². The Kier molecular flexibility index (Phi) is 4.83. The summed E-state index contributed by atoms with van der Waals surface area (Å²) in [5.74, 6) is 0.893. The van der Waals surface area contributed by atoms with Crippen molar-refractivity contribution in [1.29, 1.82) is 0 Å². The first-order valence-corrected chi connectivity index (χ1v) is 7.77. The van der Waals surface area contributed by atoms with Gasteiger partial charge in [-0.15, -0.1) is 0 Å². The second-order valence-corrected chi connectivity index (χ2v) is 6.16. The minimum Gasteiger partial charge on any atom is -0.494 e. The molecule has 1 aromatic heterocycles. The second kappa shape index (κ2) is 6.41. The Hall–Kier alpha value is -1.33. The minimum absolute atomic E-state index is 0.191. The van der Waals surface area contributed by atoms with E-state index in [0.29, 0.717) is 13.2 Å². The van der Waals surface area contributed by atoms with Gasteiger partial charge in [0.15, 0.2) is 5.13 Å². The van der Waals surface area contributed by atoms with E-state index >= 15 is 0 Å². The summed E-state index contributed by atoms with van der Waals surface area (Å²) in [6, 6.07) is 5.99. The predicted molar refractivity (Wildman–Crippen MR) is 85.0 cm³/mol. The van der Waals surface area contributed by atoms with E-state index in [9.17, 15) is 0 Å². The largest absolute Gasteiger partial charge is 0.494 e. The highest BCUT2D eigenvalue weighted by atomic mass is 32.1. The lowest BCUT2D eigenvalue weighted by Crippen LogP contribution is -2.33. The molecule has 0 aliphatic carbocycles. The third-order valence-electron chi connectivity index (χ3n) is 2.87. The molecule has 0 fully saturated rings. The molecule has 2 aromatic rings. The summed E-state index contributed by atoms with van der Waals surface area (Å²) in [4.78, 5) is 4.57. The molecule has 0 unspecified atom stereocenters. The van der Waals surface area contributed by atoms with Crippen LogP contribution in [0, 0.1) is 0 Å². The van der Waals surface area contributed by atoms with Crippen LogP contribution in [0.15, 0.2) is 18.2 Å². The van der Waals surface area contributed by atoms with Gasteiger partial charge in [0.05, 0.1) is 22.4 Å². The highest BCUT2D eigenvalue weighted by Crippen LogP contribution is 2.29. The monoisotopic (exact) mass is 294 g/mol. The number of rotatable bonds is 7. The fourth-order valence-corrected chi connectivity index (χ4v) is 2.86. The van der Waals surface area contributed by atoms with Gasteiger partial charge in [0.2, 0.25) is 0 Å². The Morgan fingerprint density at radius 2 is 2.05 bits per heavy atom. The van der Waals surface area contributed by atoms with Gasteiger partial charge in [-0.2, -0.15) is 0 Å². The van der Waals surface area contributed by atoms with Crippen LogP contribution in [0.1, 0.15) is 27.7 Å². The lowest BCUT2D eigenvalue weighted by Gasteiger charge is -2.24. The molecule has 0 radical (unpaired) electrons. The zero-order valence-corrected chi connectivity index (χ0v) is 13.3. The molecule has 5 heteroatoms. The van der Waals surface area contributed by atoms with Crippen LogP contribution >= 0.6 is 11.3 Å². The van der Waals surface area contributed by atoms with E-state index in [0.717, 1.165) is 27.6 Å². The molecule has 0 aliphatic heterocycles. The van der Waals surface area contributed by atoms with Gasteiger partial charge in [-0.1, -0.05) is 11.3 Å². The van der Waals surface area contributed by atoms with Crippen LogP contribution in [-0.2, 0) is 4.74 Å². The van der Waals surface area contributed by atoms with Gasteiger partial charge in [-0.3, -0.25) is 0 Å². The third-order valence-corrected chi connectivity index (χ3v) is 3.85. The van der Waals surface area contributed by atoms with Crippen LogP contribution in [0.3, 0.4) is 0 Å². The Morgan fingerprint density at radius 1 is 1.25 bits per heavy atom. The molecule has 0 bridgehead atoms. The zero-order chi connectivity index (χ0) is 14.6. The van der Waals surface area contributed by atoms with E-state index in [-0.39, 0.29) is 5.60 Å². The van der Waals surface area contributed by atoms with Crippen LogP contribution in [0.2, 0.25) is 0 Å². The quantitative estimate of drug-likeness (QED) is 0.840. The average molecular weight is 294 g/mol. The van der Waals surface area contributed by atoms with Gasteiger partial charge in [-0.05, 0) is 45.9 Å². The summed E-state index contributed by atoms with van der Waals surface area (Å²) < 4.78 is 12.3. The van der Waals surface area contributed by atoms with E-state index in [2.05, 4.69) is 24.1 Å². The molecule has 110 valence electrons. The molecule has 4 nitrogen and oxygen atoms in total. The van der Waals surface area contributed by atoms with Crippen LogP contribution in [0.4, 0.5) is 5.13 Å². The average Bonchev–Trinajstić information content (AvgIpc) is 2.79. The van der Waals surface area contributed by atoms with Crippen molar-refractivity contribution in [3.8, 4) is 5.75 Å². The maximum atomic E-state index is 5.67. The Morgan fingerprint density at radius 3 is 2.75 bits per heavy atom. The summed E-state index contributed by atoms with van der Waals surface area (Å²) >= 11 is 1.64. The maximum absolute atomic E-state index is 5.67. The van der Waals surface area contributed by atoms with Crippen molar-refractivity contribution in [2.75, 3.05) is 25.1 Å². The van der Waals surface area contributed by atoms with Crippen molar-refractivity contribution in [3.63, 3.8) is 0 Å². The van der Waals surface area contributed by atoms with Gasteiger partial charge in [0, 0.05) is 13.2 Å². The van der Waals surface area contributed by atoms with Crippen molar-refractivity contribution >= 4 is 26.7 Å².